The van der Waals surface area contributed by atoms with E-state index in [0.717, 1.165) is 18.5 Å². The zero-order valence-electron chi connectivity index (χ0n) is 10.0. The average molecular weight is 308 g/mol. The van der Waals surface area contributed by atoms with Crippen molar-refractivity contribution < 1.29 is 5.11 Å². The molecule has 94 valence electrons. The molecule has 0 saturated heterocycles. The van der Waals surface area contributed by atoms with E-state index in [-0.39, 0.29) is 5.41 Å². The molecule has 1 aliphatic carbocycles. The molecule has 0 radical (unpaired) electrons. The van der Waals surface area contributed by atoms with Gasteiger partial charge in [0.2, 0.25) is 0 Å². The third-order valence-corrected chi connectivity index (χ3v) is 4.31. The van der Waals surface area contributed by atoms with Gasteiger partial charge >= 0.3 is 0 Å². The summed E-state index contributed by atoms with van der Waals surface area (Å²) in [4.78, 5) is 0. The topological polar surface area (TPSA) is 50.9 Å². The molecule has 0 aliphatic heterocycles. The summed E-state index contributed by atoms with van der Waals surface area (Å²) in [5.41, 5.74) is 1.76. The Balaban J connectivity index is 2.01. The first-order chi connectivity index (χ1) is 8.65. The van der Waals surface area contributed by atoms with Crippen LogP contribution in [0.3, 0.4) is 0 Å². The highest BCUT2D eigenvalue weighted by molar-refractivity contribution is 9.10. The molecule has 3 rings (SSSR count). The first-order valence-electron chi connectivity index (χ1n) is 5.94. The van der Waals surface area contributed by atoms with Crippen molar-refractivity contribution >= 4 is 15.9 Å². The summed E-state index contributed by atoms with van der Waals surface area (Å²) >= 11 is 3.36. The Morgan fingerprint density at radius 1 is 1.33 bits per heavy atom. The van der Waals surface area contributed by atoms with Crippen LogP contribution in [0.15, 0.2) is 34.9 Å². The Kier molecular flexibility index (Phi) is 2.75. The molecular formula is C13H14BrN3O. The van der Waals surface area contributed by atoms with Crippen LogP contribution in [0.1, 0.15) is 30.2 Å². The number of benzene rings is 1. The number of hydrogen-bond donors (Lipinski definition) is 1. The molecule has 1 N–H and O–H groups in total. The number of aliphatic hydroxyl groups is 1. The summed E-state index contributed by atoms with van der Waals surface area (Å²) in [6.07, 6.45) is 1.42. The fraction of sp³-hybridized carbons (Fsp3) is 0.385. The van der Waals surface area contributed by atoms with Gasteiger partial charge in [-0.05, 0) is 34.3 Å². The van der Waals surface area contributed by atoms with E-state index in [4.69, 9.17) is 0 Å². The van der Waals surface area contributed by atoms with E-state index in [9.17, 15) is 5.11 Å². The molecule has 1 unspecified atom stereocenters. The van der Waals surface area contributed by atoms with Crippen LogP contribution in [0.5, 0.6) is 0 Å². The van der Waals surface area contributed by atoms with Gasteiger partial charge in [0.1, 0.15) is 11.8 Å². The van der Waals surface area contributed by atoms with Crippen LogP contribution in [-0.2, 0) is 12.5 Å². The lowest BCUT2D eigenvalue weighted by Crippen LogP contribution is -2.21. The molecule has 1 aliphatic rings. The van der Waals surface area contributed by atoms with Crippen molar-refractivity contribution in [2.75, 3.05) is 0 Å². The predicted octanol–water partition coefficient (Wildman–Crippen LogP) is 2.34. The van der Waals surface area contributed by atoms with E-state index in [0.29, 0.717) is 4.60 Å². The minimum Gasteiger partial charge on any atom is -0.386 e. The van der Waals surface area contributed by atoms with Crippen LogP contribution in [0.4, 0.5) is 0 Å². The summed E-state index contributed by atoms with van der Waals surface area (Å²) in [7, 11) is 1.80. The highest BCUT2D eigenvalue weighted by Gasteiger charge is 2.52. The van der Waals surface area contributed by atoms with Gasteiger partial charge in [-0.1, -0.05) is 35.5 Å². The van der Waals surface area contributed by atoms with Crippen molar-refractivity contribution in [2.45, 2.75) is 24.4 Å². The largest absolute Gasteiger partial charge is 0.386 e. The summed E-state index contributed by atoms with van der Waals surface area (Å²) in [6, 6.07) is 10.2. The van der Waals surface area contributed by atoms with Crippen molar-refractivity contribution in [1.29, 1.82) is 0 Å². The predicted molar refractivity (Wildman–Crippen MR) is 71.0 cm³/mol. The minimum absolute atomic E-state index is 0.167. The number of rotatable bonds is 3. The van der Waals surface area contributed by atoms with Crippen LogP contribution in [0.25, 0.3) is 0 Å². The Hall–Kier alpha value is -1.20. The second-order valence-corrected chi connectivity index (χ2v) is 5.56. The molecule has 1 atom stereocenters. The van der Waals surface area contributed by atoms with Gasteiger partial charge in [0.25, 0.3) is 0 Å². The number of aryl methyl sites for hydroxylation is 1. The van der Waals surface area contributed by atoms with Gasteiger partial charge < -0.3 is 5.11 Å². The molecule has 1 saturated carbocycles. The van der Waals surface area contributed by atoms with E-state index >= 15 is 0 Å². The van der Waals surface area contributed by atoms with Gasteiger partial charge in [-0.3, -0.25) is 0 Å². The van der Waals surface area contributed by atoms with E-state index in [1.807, 2.05) is 18.2 Å². The molecule has 1 aromatic heterocycles. The Morgan fingerprint density at radius 3 is 2.50 bits per heavy atom. The molecule has 1 aromatic carbocycles. The van der Waals surface area contributed by atoms with Gasteiger partial charge in [-0.15, -0.1) is 5.10 Å². The second-order valence-electron chi connectivity index (χ2n) is 4.81. The SMILES string of the molecule is Cn1nnc(Br)c1C(O)C1(c2ccccc2)CC1. The molecule has 1 heterocycles. The standard InChI is InChI=1S/C13H14BrN3O/c1-17-10(12(14)15-16-17)11(18)13(7-8-13)9-5-3-2-4-6-9/h2-6,11,18H,7-8H2,1H3. The highest BCUT2D eigenvalue weighted by atomic mass is 79.9. The Bertz CT molecular complexity index is 543. The first-order valence-corrected chi connectivity index (χ1v) is 6.73. The van der Waals surface area contributed by atoms with Crippen molar-refractivity contribution in [3.05, 3.63) is 46.2 Å². The summed E-state index contributed by atoms with van der Waals surface area (Å²) in [5, 5.41) is 18.6. The van der Waals surface area contributed by atoms with E-state index in [2.05, 4.69) is 38.4 Å². The van der Waals surface area contributed by atoms with Gasteiger partial charge in [-0.25, -0.2) is 4.68 Å². The summed E-state index contributed by atoms with van der Waals surface area (Å²) in [5.74, 6) is 0. The second kappa shape index (κ2) is 4.17. The molecule has 0 spiro atoms. The molecule has 1 fully saturated rings. The quantitative estimate of drug-likeness (QED) is 0.947. The molecule has 0 amide bonds. The average Bonchev–Trinajstić information content (AvgIpc) is 3.13. The van der Waals surface area contributed by atoms with Crippen LogP contribution >= 0.6 is 15.9 Å². The lowest BCUT2D eigenvalue weighted by molar-refractivity contribution is 0.123. The third kappa shape index (κ3) is 1.69. The van der Waals surface area contributed by atoms with E-state index < -0.39 is 6.10 Å². The zero-order chi connectivity index (χ0) is 12.8. The number of halogens is 1. The smallest absolute Gasteiger partial charge is 0.154 e. The van der Waals surface area contributed by atoms with Crippen LogP contribution in [0, 0.1) is 0 Å². The lowest BCUT2D eigenvalue weighted by Gasteiger charge is -2.22. The fourth-order valence-electron chi connectivity index (χ4n) is 2.52. The molecule has 2 aromatic rings. The fourth-order valence-corrected chi connectivity index (χ4v) is 3.06. The van der Waals surface area contributed by atoms with Gasteiger partial charge in [0, 0.05) is 12.5 Å². The van der Waals surface area contributed by atoms with E-state index in [1.165, 1.54) is 5.56 Å². The third-order valence-electron chi connectivity index (χ3n) is 3.75. The monoisotopic (exact) mass is 307 g/mol. The molecule has 5 heteroatoms. The number of aliphatic hydroxyl groups excluding tert-OH is 1. The van der Waals surface area contributed by atoms with Crippen LogP contribution in [0.2, 0.25) is 0 Å². The maximum Gasteiger partial charge on any atom is 0.154 e. The molecule has 0 bridgehead atoms. The minimum atomic E-state index is -0.575. The zero-order valence-corrected chi connectivity index (χ0v) is 11.6. The normalized spacial score (nSPS) is 18.6. The van der Waals surface area contributed by atoms with Crippen molar-refractivity contribution in [2.24, 2.45) is 7.05 Å². The summed E-state index contributed by atoms with van der Waals surface area (Å²) in [6.45, 7) is 0. The molecule has 18 heavy (non-hydrogen) atoms. The maximum atomic E-state index is 10.7. The van der Waals surface area contributed by atoms with Gasteiger partial charge in [-0.2, -0.15) is 0 Å². The van der Waals surface area contributed by atoms with E-state index in [1.54, 1.807) is 11.7 Å². The van der Waals surface area contributed by atoms with Gasteiger partial charge in [0.15, 0.2) is 4.60 Å². The van der Waals surface area contributed by atoms with Crippen molar-refractivity contribution in [3.8, 4) is 0 Å². The Morgan fingerprint density at radius 2 is 2.00 bits per heavy atom. The van der Waals surface area contributed by atoms with Gasteiger partial charge in [0.05, 0.1) is 0 Å². The maximum absolute atomic E-state index is 10.7. The lowest BCUT2D eigenvalue weighted by atomic mass is 9.88. The number of nitrogens with zero attached hydrogens (tertiary/aromatic N) is 3. The molecular weight excluding hydrogens is 294 g/mol. The van der Waals surface area contributed by atoms with Crippen molar-refractivity contribution in [3.63, 3.8) is 0 Å². The van der Waals surface area contributed by atoms with Crippen LogP contribution in [-0.4, -0.2) is 20.1 Å². The molecule has 4 nitrogen and oxygen atoms in total. The Labute approximate surface area is 114 Å². The number of aromatic nitrogens is 3. The highest BCUT2D eigenvalue weighted by Crippen LogP contribution is 2.56. The van der Waals surface area contributed by atoms with Crippen molar-refractivity contribution in [1.82, 2.24) is 15.0 Å². The number of hydrogen-bond acceptors (Lipinski definition) is 3. The summed E-state index contributed by atoms with van der Waals surface area (Å²) < 4.78 is 2.26. The first kappa shape index (κ1) is 11.9. The van der Waals surface area contributed by atoms with Crippen LogP contribution < -0.4 is 0 Å².